The van der Waals surface area contributed by atoms with Crippen molar-refractivity contribution in [1.29, 1.82) is 0 Å². The molecule has 1 amide bonds. The number of carbonyl (C=O) groups is 1. The molecule has 3 aromatic rings. The molecule has 0 spiro atoms. The maximum absolute atomic E-state index is 13.0. The minimum Gasteiger partial charge on any atom is -0.368 e. The molecule has 0 unspecified atom stereocenters. The van der Waals surface area contributed by atoms with E-state index in [-0.39, 0.29) is 23.6 Å². The van der Waals surface area contributed by atoms with Crippen LogP contribution in [-0.2, 0) is 13.2 Å². The van der Waals surface area contributed by atoms with Gasteiger partial charge in [0.1, 0.15) is 23.0 Å². The second kappa shape index (κ2) is 7.66. The Balaban J connectivity index is 1.38. The normalized spacial score (nSPS) is 19.8. The molecule has 0 bridgehead atoms. The zero-order chi connectivity index (χ0) is 21.5. The molecule has 7 nitrogen and oxygen atoms in total. The quantitative estimate of drug-likeness (QED) is 0.677. The van der Waals surface area contributed by atoms with Gasteiger partial charge < -0.3 is 15.2 Å². The summed E-state index contributed by atoms with van der Waals surface area (Å²) in [6, 6.07) is 5.15. The summed E-state index contributed by atoms with van der Waals surface area (Å²) in [6.07, 6.45) is 1.27. The number of carbonyl (C=O) groups excluding carboxylic acids is 1. The maximum atomic E-state index is 13.0. The second-order valence-electron chi connectivity index (χ2n) is 7.68. The minimum absolute atomic E-state index is 0.0617. The van der Waals surface area contributed by atoms with Crippen LogP contribution in [0.1, 0.15) is 47.7 Å². The van der Waals surface area contributed by atoms with Crippen LogP contribution < -0.4 is 10.6 Å². The van der Waals surface area contributed by atoms with E-state index >= 15 is 0 Å². The smallest absolute Gasteiger partial charge is 0.368 e. The van der Waals surface area contributed by atoms with Crippen LogP contribution in [0.25, 0.3) is 5.65 Å². The predicted octanol–water partition coefficient (Wildman–Crippen LogP) is 3.55. The van der Waals surface area contributed by atoms with E-state index in [0.29, 0.717) is 11.5 Å². The molecule has 4 rings (SSSR count). The Hall–Kier alpha value is -3.04. The van der Waals surface area contributed by atoms with Gasteiger partial charge in [0.05, 0.1) is 6.20 Å². The maximum Gasteiger partial charge on any atom is 0.434 e. The summed E-state index contributed by atoms with van der Waals surface area (Å²) in [5, 5.41) is 6.39. The molecule has 1 saturated carbocycles. The van der Waals surface area contributed by atoms with Crippen molar-refractivity contribution in [3.05, 3.63) is 47.8 Å². The topological polar surface area (TPSA) is 76.2 Å². The first kappa shape index (κ1) is 20.2. The Labute approximate surface area is 171 Å². The summed E-state index contributed by atoms with van der Waals surface area (Å²) in [7, 11) is 1.80. The average molecular weight is 420 g/mol. The summed E-state index contributed by atoms with van der Waals surface area (Å²) >= 11 is 0. The molecule has 1 aliphatic carbocycles. The van der Waals surface area contributed by atoms with Gasteiger partial charge in [-0.1, -0.05) is 6.07 Å². The second-order valence-corrected chi connectivity index (χ2v) is 7.68. The van der Waals surface area contributed by atoms with Gasteiger partial charge in [0, 0.05) is 25.3 Å². The zero-order valence-electron chi connectivity index (χ0n) is 16.7. The van der Waals surface area contributed by atoms with E-state index in [0.717, 1.165) is 37.7 Å². The fourth-order valence-corrected chi connectivity index (χ4v) is 3.83. The summed E-state index contributed by atoms with van der Waals surface area (Å²) < 4.78 is 42.1. The van der Waals surface area contributed by atoms with Crippen molar-refractivity contribution >= 4 is 17.4 Å². The first-order valence-electron chi connectivity index (χ1n) is 9.83. The highest BCUT2D eigenvalue weighted by Gasteiger charge is 2.34. The number of fused-ring (bicyclic) bond motifs is 1. The number of nitrogens with one attached hydrogen (secondary N) is 2. The van der Waals surface area contributed by atoms with Gasteiger partial charge in [0.2, 0.25) is 0 Å². The molecule has 3 aromatic heterocycles. The number of rotatable bonds is 4. The van der Waals surface area contributed by atoms with Gasteiger partial charge in [-0.2, -0.15) is 13.2 Å². The molecule has 30 heavy (non-hydrogen) atoms. The molecule has 0 atom stereocenters. The third-order valence-corrected chi connectivity index (χ3v) is 5.65. The number of amides is 1. The van der Waals surface area contributed by atoms with E-state index in [9.17, 15) is 18.0 Å². The molecule has 1 fully saturated rings. The third kappa shape index (κ3) is 3.99. The van der Waals surface area contributed by atoms with E-state index in [1.54, 1.807) is 36.0 Å². The van der Waals surface area contributed by atoms with Crippen LogP contribution in [0.2, 0.25) is 0 Å². The molecule has 160 valence electrons. The van der Waals surface area contributed by atoms with E-state index in [4.69, 9.17) is 0 Å². The fraction of sp³-hybridized carbons (Fsp3) is 0.450. The van der Waals surface area contributed by atoms with Crippen LogP contribution in [-0.4, -0.2) is 36.9 Å². The summed E-state index contributed by atoms with van der Waals surface area (Å²) in [4.78, 5) is 20.3. The standard InChI is InChI=1S/C20H23F3N6O/c1-12-24-10-15(28(12)2)19(30)26-14-8-6-13(7-9-14)25-17-4-3-5-18-27-16(11-29(17)18)20(21,22)23/h3-5,10-11,13-14,25H,6-9H2,1-2H3,(H,26,30). The number of halogens is 3. The van der Waals surface area contributed by atoms with Gasteiger partial charge in [-0.05, 0) is 44.7 Å². The Morgan fingerprint density at radius 1 is 1.17 bits per heavy atom. The lowest BCUT2D eigenvalue weighted by molar-refractivity contribution is -0.140. The van der Waals surface area contributed by atoms with Gasteiger partial charge in [-0.15, -0.1) is 0 Å². The van der Waals surface area contributed by atoms with Crippen molar-refractivity contribution in [2.24, 2.45) is 7.05 Å². The van der Waals surface area contributed by atoms with E-state index in [1.807, 2.05) is 6.92 Å². The van der Waals surface area contributed by atoms with Gasteiger partial charge in [-0.25, -0.2) is 9.97 Å². The highest BCUT2D eigenvalue weighted by Crippen LogP contribution is 2.30. The highest BCUT2D eigenvalue weighted by molar-refractivity contribution is 5.92. The van der Waals surface area contributed by atoms with Crippen LogP contribution >= 0.6 is 0 Å². The Morgan fingerprint density at radius 2 is 1.87 bits per heavy atom. The van der Waals surface area contributed by atoms with E-state index in [1.165, 1.54) is 4.40 Å². The number of aromatic nitrogens is 4. The van der Waals surface area contributed by atoms with Crippen LogP contribution in [0, 0.1) is 6.92 Å². The van der Waals surface area contributed by atoms with Gasteiger partial charge in [0.25, 0.3) is 5.91 Å². The lowest BCUT2D eigenvalue weighted by atomic mass is 9.91. The Kier molecular flexibility index (Phi) is 5.17. The number of alkyl halides is 3. The molecule has 10 heteroatoms. The van der Waals surface area contributed by atoms with Crippen LogP contribution in [0.15, 0.2) is 30.6 Å². The van der Waals surface area contributed by atoms with Crippen molar-refractivity contribution in [2.75, 3.05) is 5.32 Å². The average Bonchev–Trinajstić information content (AvgIpc) is 3.28. The summed E-state index contributed by atoms with van der Waals surface area (Å²) in [5.74, 6) is 1.21. The number of imidazole rings is 2. The molecule has 0 aliphatic heterocycles. The van der Waals surface area contributed by atoms with Crippen LogP contribution in [0.3, 0.4) is 0 Å². The summed E-state index contributed by atoms with van der Waals surface area (Å²) in [5.41, 5.74) is -0.131. The van der Waals surface area contributed by atoms with Crippen molar-refractivity contribution in [1.82, 2.24) is 24.3 Å². The fourth-order valence-electron chi connectivity index (χ4n) is 3.83. The predicted molar refractivity (Wildman–Crippen MR) is 105 cm³/mol. The molecule has 0 radical (unpaired) electrons. The van der Waals surface area contributed by atoms with Gasteiger partial charge in [0.15, 0.2) is 5.69 Å². The molecule has 1 aliphatic rings. The van der Waals surface area contributed by atoms with Crippen LogP contribution in [0.5, 0.6) is 0 Å². The van der Waals surface area contributed by atoms with Crippen LogP contribution in [0.4, 0.5) is 19.0 Å². The SMILES string of the molecule is Cc1ncc(C(=O)NC2CCC(Nc3cccc4nc(C(F)(F)F)cn34)CC2)n1C. The first-order valence-corrected chi connectivity index (χ1v) is 9.83. The van der Waals surface area contributed by atoms with Crippen molar-refractivity contribution in [3.8, 4) is 0 Å². The van der Waals surface area contributed by atoms with Gasteiger partial charge >= 0.3 is 6.18 Å². The molecule has 0 saturated heterocycles. The number of pyridine rings is 1. The molecular formula is C20H23F3N6O. The van der Waals surface area contributed by atoms with Crippen molar-refractivity contribution in [2.45, 2.75) is 50.9 Å². The monoisotopic (exact) mass is 420 g/mol. The third-order valence-electron chi connectivity index (χ3n) is 5.65. The Bertz CT molecular complexity index is 1060. The van der Waals surface area contributed by atoms with E-state index in [2.05, 4.69) is 20.6 Å². The Morgan fingerprint density at radius 3 is 2.50 bits per heavy atom. The van der Waals surface area contributed by atoms with Crippen molar-refractivity contribution in [3.63, 3.8) is 0 Å². The molecular weight excluding hydrogens is 397 g/mol. The lowest BCUT2D eigenvalue weighted by Gasteiger charge is -2.30. The first-order chi connectivity index (χ1) is 14.2. The molecule has 2 N–H and O–H groups in total. The molecule has 0 aromatic carbocycles. The van der Waals surface area contributed by atoms with Crippen molar-refractivity contribution < 1.29 is 18.0 Å². The van der Waals surface area contributed by atoms with Gasteiger partial charge in [-0.3, -0.25) is 9.20 Å². The number of anilines is 1. The number of nitrogens with zero attached hydrogens (tertiary/aromatic N) is 4. The largest absolute Gasteiger partial charge is 0.434 e. The lowest BCUT2D eigenvalue weighted by Crippen LogP contribution is -2.40. The summed E-state index contributed by atoms with van der Waals surface area (Å²) in [6.45, 7) is 1.84. The minimum atomic E-state index is -4.48. The highest BCUT2D eigenvalue weighted by atomic mass is 19.4. The molecule has 3 heterocycles. The van der Waals surface area contributed by atoms with E-state index < -0.39 is 11.9 Å². The number of hydrogen-bond donors (Lipinski definition) is 2. The number of hydrogen-bond acceptors (Lipinski definition) is 4. The zero-order valence-corrected chi connectivity index (χ0v) is 16.7. The number of aryl methyl sites for hydroxylation is 1.